The topological polar surface area (TPSA) is 0 Å². The molecule has 0 heteroatoms. The number of fused-ring (bicyclic) bond motifs is 1. The molecule has 0 saturated carbocycles. The van der Waals surface area contributed by atoms with Crippen molar-refractivity contribution < 1.29 is 0 Å². The Morgan fingerprint density at radius 1 is 1.33 bits per heavy atom. The zero-order chi connectivity index (χ0) is 8.60. The fourth-order valence-corrected chi connectivity index (χ4v) is 2.28. The normalized spacial score (nSPS) is 31.2. The van der Waals surface area contributed by atoms with E-state index in [2.05, 4.69) is 44.2 Å². The third-order valence-electron chi connectivity index (χ3n) is 2.68. The molecule has 0 saturated heterocycles. The van der Waals surface area contributed by atoms with Crippen LogP contribution in [0.1, 0.15) is 26.7 Å². The summed E-state index contributed by atoms with van der Waals surface area (Å²) in [6.45, 7) is 4.72. The molecule has 0 amide bonds. The Morgan fingerprint density at radius 3 is 3.00 bits per heavy atom. The van der Waals surface area contributed by atoms with E-state index in [4.69, 9.17) is 0 Å². The van der Waals surface area contributed by atoms with E-state index < -0.39 is 0 Å². The van der Waals surface area contributed by atoms with Crippen molar-refractivity contribution in [2.24, 2.45) is 11.3 Å². The van der Waals surface area contributed by atoms with Crippen molar-refractivity contribution in [1.82, 2.24) is 0 Å². The molecule has 0 spiro atoms. The van der Waals surface area contributed by atoms with E-state index in [9.17, 15) is 0 Å². The number of rotatable bonds is 0. The van der Waals surface area contributed by atoms with E-state index in [0.29, 0.717) is 11.3 Å². The quantitative estimate of drug-likeness (QED) is 0.509. The predicted octanol–water partition coefficient (Wildman–Crippen LogP) is 3.48. The molecular weight excluding hydrogens is 144 g/mol. The molecule has 2 bridgehead atoms. The van der Waals surface area contributed by atoms with Gasteiger partial charge in [0.1, 0.15) is 0 Å². The minimum absolute atomic E-state index is 0.494. The van der Waals surface area contributed by atoms with Gasteiger partial charge in [0.2, 0.25) is 0 Å². The van der Waals surface area contributed by atoms with Crippen LogP contribution < -0.4 is 0 Å². The van der Waals surface area contributed by atoms with Gasteiger partial charge in [-0.3, -0.25) is 0 Å². The average Bonchev–Trinajstić information content (AvgIpc) is 2.09. The first kappa shape index (κ1) is 7.85. The highest BCUT2D eigenvalue weighted by Gasteiger charge is 2.26. The Bertz CT molecular complexity index is 264. The third-order valence-corrected chi connectivity index (χ3v) is 2.68. The standard InChI is InChI=1S/C12H16/c1-12(2)8-10-5-3-4-6-11(7-10)9-12/h3-7,10H,8-9H2,1-2H3. The lowest BCUT2D eigenvalue weighted by Gasteiger charge is -2.32. The molecule has 0 aliphatic heterocycles. The van der Waals surface area contributed by atoms with Gasteiger partial charge in [0.25, 0.3) is 0 Å². The van der Waals surface area contributed by atoms with Gasteiger partial charge in [-0.2, -0.15) is 0 Å². The van der Waals surface area contributed by atoms with Crippen LogP contribution in [0.25, 0.3) is 0 Å². The van der Waals surface area contributed by atoms with Gasteiger partial charge in [0, 0.05) is 0 Å². The van der Waals surface area contributed by atoms with Gasteiger partial charge in [0.05, 0.1) is 0 Å². The average molecular weight is 160 g/mol. The lowest BCUT2D eigenvalue weighted by molar-refractivity contribution is 0.295. The molecule has 0 aromatic heterocycles. The molecule has 2 aliphatic rings. The van der Waals surface area contributed by atoms with Crippen LogP contribution in [-0.4, -0.2) is 0 Å². The van der Waals surface area contributed by atoms with Crippen LogP contribution in [0.5, 0.6) is 0 Å². The van der Waals surface area contributed by atoms with Crippen molar-refractivity contribution in [2.75, 3.05) is 0 Å². The molecular formula is C12H16. The van der Waals surface area contributed by atoms with Crippen molar-refractivity contribution in [2.45, 2.75) is 26.7 Å². The summed E-state index contributed by atoms with van der Waals surface area (Å²) in [6.07, 6.45) is 13.8. The summed E-state index contributed by atoms with van der Waals surface area (Å²) in [5, 5.41) is 0. The second-order valence-electron chi connectivity index (χ2n) is 4.69. The molecule has 12 heavy (non-hydrogen) atoms. The summed E-state index contributed by atoms with van der Waals surface area (Å²) >= 11 is 0. The molecule has 0 N–H and O–H groups in total. The molecule has 0 heterocycles. The Kier molecular flexibility index (Phi) is 1.71. The Labute approximate surface area is 74.7 Å². The summed E-state index contributed by atoms with van der Waals surface area (Å²) in [4.78, 5) is 0. The predicted molar refractivity (Wildman–Crippen MR) is 52.9 cm³/mol. The summed E-state index contributed by atoms with van der Waals surface area (Å²) in [7, 11) is 0. The lowest BCUT2D eigenvalue weighted by atomic mass is 9.73. The van der Waals surface area contributed by atoms with Crippen LogP contribution >= 0.6 is 0 Å². The molecule has 0 fully saturated rings. The van der Waals surface area contributed by atoms with E-state index >= 15 is 0 Å². The van der Waals surface area contributed by atoms with Gasteiger partial charge in [-0.25, -0.2) is 0 Å². The van der Waals surface area contributed by atoms with E-state index in [1.807, 2.05) is 0 Å². The summed E-state index contributed by atoms with van der Waals surface area (Å²) < 4.78 is 0. The van der Waals surface area contributed by atoms with Crippen molar-refractivity contribution >= 4 is 0 Å². The Hall–Kier alpha value is -0.780. The number of hydrogen-bond donors (Lipinski definition) is 0. The fourth-order valence-electron chi connectivity index (χ4n) is 2.28. The highest BCUT2D eigenvalue weighted by atomic mass is 14.3. The first-order valence-electron chi connectivity index (χ1n) is 4.71. The minimum Gasteiger partial charge on any atom is -0.0776 e. The number of allylic oxidation sites excluding steroid dienone is 6. The van der Waals surface area contributed by atoms with Gasteiger partial charge >= 0.3 is 0 Å². The van der Waals surface area contributed by atoms with Crippen molar-refractivity contribution in [3.8, 4) is 0 Å². The first-order valence-corrected chi connectivity index (χ1v) is 4.71. The van der Waals surface area contributed by atoms with Gasteiger partial charge in [-0.05, 0) is 24.2 Å². The Morgan fingerprint density at radius 2 is 2.17 bits per heavy atom. The molecule has 2 aliphatic carbocycles. The fraction of sp³-hybridized carbons (Fsp3) is 0.500. The van der Waals surface area contributed by atoms with Crippen LogP contribution in [0.2, 0.25) is 0 Å². The number of hydrogen-bond acceptors (Lipinski definition) is 0. The maximum atomic E-state index is 2.41. The minimum atomic E-state index is 0.494. The van der Waals surface area contributed by atoms with E-state index in [1.165, 1.54) is 18.4 Å². The van der Waals surface area contributed by atoms with Crippen LogP contribution in [0.4, 0.5) is 0 Å². The third kappa shape index (κ3) is 1.52. The maximum Gasteiger partial charge on any atom is -0.00394 e. The van der Waals surface area contributed by atoms with Gasteiger partial charge in [-0.15, -0.1) is 0 Å². The molecule has 1 atom stereocenters. The second-order valence-corrected chi connectivity index (χ2v) is 4.69. The second kappa shape index (κ2) is 2.62. The smallest absolute Gasteiger partial charge is 0.00394 e. The molecule has 0 aromatic rings. The van der Waals surface area contributed by atoms with Gasteiger partial charge < -0.3 is 0 Å². The highest BCUT2D eigenvalue weighted by Crippen LogP contribution is 2.39. The molecule has 0 aromatic carbocycles. The van der Waals surface area contributed by atoms with E-state index in [0.717, 1.165) is 0 Å². The van der Waals surface area contributed by atoms with E-state index in [-0.39, 0.29) is 0 Å². The first-order chi connectivity index (χ1) is 5.66. The van der Waals surface area contributed by atoms with Crippen LogP contribution in [0.3, 0.4) is 0 Å². The molecule has 1 unspecified atom stereocenters. The molecule has 0 nitrogen and oxygen atoms in total. The van der Waals surface area contributed by atoms with E-state index in [1.54, 1.807) is 0 Å². The largest absolute Gasteiger partial charge is 0.0776 e. The lowest BCUT2D eigenvalue weighted by Crippen LogP contribution is -2.20. The van der Waals surface area contributed by atoms with Crippen LogP contribution in [-0.2, 0) is 0 Å². The summed E-state index contributed by atoms with van der Waals surface area (Å²) in [5.74, 6) is 0.679. The van der Waals surface area contributed by atoms with Crippen molar-refractivity contribution in [3.63, 3.8) is 0 Å². The van der Waals surface area contributed by atoms with Crippen LogP contribution in [0.15, 0.2) is 36.0 Å². The summed E-state index contributed by atoms with van der Waals surface area (Å²) in [5.41, 5.74) is 2.01. The summed E-state index contributed by atoms with van der Waals surface area (Å²) in [6, 6.07) is 0. The van der Waals surface area contributed by atoms with Crippen molar-refractivity contribution in [3.05, 3.63) is 36.0 Å². The van der Waals surface area contributed by atoms with Gasteiger partial charge in [-0.1, -0.05) is 49.8 Å². The Balaban J connectivity index is 2.31. The monoisotopic (exact) mass is 160 g/mol. The molecule has 64 valence electrons. The van der Waals surface area contributed by atoms with Crippen molar-refractivity contribution in [1.29, 1.82) is 0 Å². The SMILES string of the molecule is CC1(C)CC2=CC(C=CC=C2)C1. The molecule has 0 radical (unpaired) electrons. The van der Waals surface area contributed by atoms with Crippen LogP contribution in [0, 0.1) is 11.3 Å². The highest BCUT2D eigenvalue weighted by molar-refractivity contribution is 5.31. The zero-order valence-electron chi connectivity index (χ0n) is 7.88. The zero-order valence-corrected chi connectivity index (χ0v) is 7.88. The van der Waals surface area contributed by atoms with Gasteiger partial charge in [0.15, 0.2) is 0 Å². The maximum absolute atomic E-state index is 2.41. The molecule has 2 rings (SSSR count).